The Hall–Kier alpha value is -4.97. The van der Waals surface area contributed by atoms with Crippen molar-refractivity contribution in [3.05, 3.63) is 84.3 Å². The molecule has 0 spiro atoms. The van der Waals surface area contributed by atoms with Crippen molar-refractivity contribution in [2.45, 2.75) is 6.54 Å². The number of pyridine rings is 1. The number of anilines is 2. The van der Waals surface area contributed by atoms with Crippen molar-refractivity contribution in [2.24, 2.45) is 0 Å². The van der Waals surface area contributed by atoms with Gasteiger partial charge < -0.3 is 20.3 Å². The molecule has 0 radical (unpaired) electrons. The standard InChI is InChI=1S/C28H26FN9O2/c1-36(17-18-3-2-7-31-14-18)26(39)19-4-5-23(22(29)13-19)38-8-6-21-24(20-15-32-27(30)33-16-20)34-28(35-25(21)38)37-9-11-40-12-10-37/h2-8,13-16H,9-12,17H2,1H3,(H2,30,32,33). The van der Waals surface area contributed by atoms with Crippen molar-refractivity contribution in [2.75, 3.05) is 44.0 Å². The van der Waals surface area contributed by atoms with Gasteiger partial charge in [0.25, 0.3) is 5.91 Å². The summed E-state index contributed by atoms with van der Waals surface area (Å²) in [5, 5.41) is 0.695. The molecule has 40 heavy (non-hydrogen) atoms. The first-order valence-electron chi connectivity index (χ1n) is 12.7. The van der Waals surface area contributed by atoms with Crippen molar-refractivity contribution in [3.8, 4) is 16.9 Å². The second-order valence-electron chi connectivity index (χ2n) is 9.41. The highest BCUT2D eigenvalue weighted by Crippen LogP contribution is 2.31. The molecule has 1 aliphatic rings. The van der Waals surface area contributed by atoms with Gasteiger partial charge in [-0.15, -0.1) is 0 Å². The first-order valence-corrected chi connectivity index (χ1v) is 12.7. The summed E-state index contributed by atoms with van der Waals surface area (Å²) in [7, 11) is 1.67. The second-order valence-corrected chi connectivity index (χ2v) is 9.41. The summed E-state index contributed by atoms with van der Waals surface area (Å²) >= 11 is 0. The number of hydrogen-bond donors (Lipinski definition) is 1. The van der Waals surface area contributed by atoms with Crippen molar-refractivity contribution < 1.29 is 13.9 Å². The summed E-state index contributed by atoms with van der Waals surface area (Å²) in [6.45, 7) is 2.73. The maximum atomic E-state index is 15.6. The number of fused-ring (bicyclic) bond motifs is 1. The normalized spacial score (nSPS) is 13.5. The number of nitrogens with two attached hydrogens (primary N) is 1. The van der Waals surface area contributed by atoms with Crippen LogP contribution in [-0.4, -0.2) is 73.6 Å². The molecular formula is C28H26FN9O2. The van der Waals surface area contributed by atoms with Gasteiger partial charge in [-0.05, 0) is 35.9 Å². The Balaban J connectivity index is 1.38. The summed E-state index contributed by atoms with van der Waals surface area (Å²) in [6.07, 6.45) is 8.31. The quantitative estimate of drug-likeness (QED) is 0.346. The number of ether oxygens (including phenoxy) is 1. The summed E-state index contributed by atoms with van der Waals surface area (Å²) in [5.41, 5.74) is 8.86. The van der Waals surface area contributed by atoms with Gasteiger partial charge in [-0.25, -0.2) is 19.3 Å². The molecule has 1 amide bonds. The van der Waals surface area contributed by atoms with Crippen molar-refractivity contribution in [3.63, 3.8) is 0 Å². The monoisotopic (exact) mass is 539 g/mol. The molecule has 1 aromatic carbocycles. The molecule has 1 aliphatic heterocycles. The third-order valence-electron chi connectivity index (χ3n) is 6.71. The molecule has 0 atom stereocenters. The summed E-state index contributed by atoms with van der Waals surface area (Å²) in [5.74, 6) is -0.203. The number of benzene rings is 1. The Morgan fingerprint density at radius 1 is 1.10 bits per heavy atom. The number of rotatable bonds is 6. The molecule has 12 heteroatoms. The van der Waals surface area contributed by atoms with Gasteiger partial charge in [-0.3, -0.25) is 14.3 Å². The third kappa shape index (κ3) is 4.92. The Bertz CT molecular complexity index is 1670. The summed E-state index contributed by atoms with van der Waals surface area (Å²) < 4.78 is 22.8. The number of hydrogen-bond acceptors (Lipinski definition) is 9. The SMILES string of the molecule is CN(Cc1cccnc1)C(=O)c1ccc(-n2ccc3c(-c4cnc(N)nc4)nc(N4CCOCC4)nc32)c(F)c1. The number of nitrogens with zero attached hydrogens (tertiary/aromatic N) is 8. The molecule has 5 heterocycles. The second kappa shape index (κ2) is 10.7. The van der Waals surface area contributed by atoms with Gasteiger partial charge in [0.15, 0.2) is 5.65 Å². The van der Waals surface area contributed by atoms with Crippen molar-refractivity contribution >= 4 is 28.8 Å². The Morgan fingerprint density at radius 2 is 1.90 bits per heavy atom. The van der Waals surface area contributed by atoms with E-state index in [0.717, 1.165) is 5.56 Å². The van der Waals surface area contributed by atoms with E-state index in [-0.39, 0.29) is 23.1 Å². The van der Waals surface area contributed by atoms with E-state index in [2.05, 4.69) is 15.0 Å². The molecule has 1 saturated heterocycles. The summed E-state index contributed by atoms with van der Waals surface area (Å²) in [6, 6.07) is 9.97. The highest BCUT2D eigenvalue weighted by Gasteiger charge is 2.22. The minimum Gasteiger partial charge on any atom is -0.378 e. The minimum atomic E-state index is -0.554. The van der Waals surface area contributed by atoms with Crippen LogP contribution in [0.4, 0.5) is 16.3 Å². The van der Waals surface area contributed by atoms with E-state index in [1.54, 1.807) is 54.7 Å². The molecule has 0 saturated carbocycles. The van der Waals surface area contributed by atoms with Gasteiger partial charge in [0.1, 0.15) is 5.82 Å². The number of aromatic nitrogens is 6. The van der Waals surface area contributed by atoms with Crippen LogP contribution >= 0.6 is 0 Å². The Kier molecular flexibility index (Phi) is 6.74. The molecule has 5 aromatic rings. The largest absolute Gasteiger partial charge is 0.378 e. The lowest BCUT2D eigenvalue weighted by Gasteiger charge is -2.27. The average molecular weight is 540 g/mol. The van der Waals surface area contributed by atoms with Gasteiger partial charge in [-0.1, -0.05) is 6.07 Å². The molecular weight excluding hydrogens is 513 g/mol. The van der Waals surface area contributed by atoms with Crippen molar-refractivity contribution in [1.29, 1.82) is 0 Å². The number of carbonyl (C=O) groups is 1. The van der Waals surface area contributed by atoms with Crippen LogP contribution in [-0.2, 0) is 11.3 Å². The predicted molar refractivity (Wildman–Crippen MR) is 147 cm³/mol. The number of nitrogen functional groups attached to an aromatic ring is 1. The van der Waals surface area contributed by atoms with Crippen LogP contribution in [0.3, 0.4) is 0 Å². The molecule has 0 bridgehead atoms. The fraction of sp³-hybridized carbons (Fsp3) is 0.214. The average Bonchev–Trinajstić information content (AvgIpc) is 3.41. The lowest BCUT2D eigenvalue weighted by atomic mass is 10.1. The zero-order valence-corrected chi connectivity index (χ0v) is 21.7. The molecule has 4 aromatic heterocycles. The van der Waals surface area contributed by atoms with Crippen LogP contribution in [0.5, 0.6) is 0 Å². The number of amides is 1. The van der Waals surface area contributed by atoms with Crippen LogP contribution in [0.1, 0.15) is 15.9 Å². The maximum absolute atomic E-state index is 15.6. The van der Waals surface area contributed by atoms with E-state index < -0.39 is 5.82 Å². The fourth-order valence-corrected chi connectivity index (χ4v) is 4.68. The van der Waals surface area contributed by atoms with E-state index in [0.29, 0.717) is 61.1 Å². The van der Waals surface area contributed by atoms with Crippen LogP contribution in [0.2, 0.25) is 0 Å². The van der Waals surface area contributed by atoms with Gasteiger partial charge in [0.2, 0.25) is 11.9 Å². The lowest BCUT2D eigenvalue weighted by molar-refractivity contribution is 0.0784. The number of halogens is 1. The first kappa shape index (κ1) is 25.3. The number of morpholine rings is 1. The summed E-state index contributed by atoms with van der Waals surface area (Å²) in [4.78, 5) is 38.5. The topological polar surface area (TPSA) is 128 Å². The van der Waals surface area contributed by atoms with Crippen LogP contribution in [0.15, 0.2) is 67.4 Å². The van der Waals surface area contributed by atoms with E-state index in [4.69, 9.17) is 20.4 Å². The van der Waals surface area contributed by atoms with Crippen LogP contribution in [0, 0.1) is 5.82 Å². The molecule has 1 fully saturated rings. The zero-order chi connectivity index (χ0) is 27.6. The smallest absolute Gasteiger partial charge is 0.254 e. The molecule has 202 valence electrons. The molecule has 2 N–H and O–H groups in total. The minimum absolute atomic E-state index is 0.155. The van der Waals surface area contributed by atoms with E-state index in [9.17, 15) is 4.79 Å². The van der Waals surface area contributed by atoms with E-state index in [1.165, 1.54) is 11.0 Å². The zero-order valence-electron chi connectivity index (χ0n) is 21.7. The van der Waals surface area contributed by atoms with Gasteiger partial charge in [-0.2, -0.15) is 4.98 Å². The molecule has 0 aliphatic carbocycles. The maximum Gasteiger partial charge on any atom is 0.254 e. The van der Waals surface area contributed by atoms with Gasteiger partial charge in [0, 0.05) is 74.2 Å². The van der Waals surface area contributed by atoms with E-state index >= 15 is 4.39 Å². The number of carbonyl (C=O) groups excluding carboxylic acids is 1. The van der Waals surface area contributed by atoms with Gasteiger partial charge in [0.05, 0.1) is 24.6 Å². The molecule has 6 rings (SSSR count). The fourth-order valence-electron chi connectivity index (χ4n) is 4.68. The molecule has 0 unspecified atom stereocenters. The highest BCUT2D eigenvalue weighted by atomic mass is 19.1. The lowest BCUT2D eigenvalue weighted by Crippen LogP contribution is -2.37. The van der Waals surface area contributed by atoms with Crippen molar-refractivity contribution in [1.82, 2.24) is 34.4 Å². The third-order valence-corrected chi connectivity index (χ3v) is 6.71. The Morgan fingerprint density at radius 3 is 2.62 bits per heavy atom. The van der Waals surface area contributed by atoms with Crippen LogP contribution in [0.25, 0.3) is 28.0 Å². The van der Waals surface area contributed by atoms with Gasteiger partial charge >= 0.3 is 0 Å². The molecule has 11 nitrogen and oxygen atoms in total. The highest BCUT2D eigenvalue weighted by molar-refractivity contribution is 5.95. The van der Waals surface area contributed by atoms with E-state index in [1.807, 2.05) is 23.1 Å². The van der Waals surface area contributed by atoms with Crippen LogP contribution < -0.4 is 10.6 Å². The first-order chi connectivity index (χ1) is 19.5. The predicted octanol–water partition coefficient (Wildman–Crippen LogP) is 3.10. The Labute approximate surface area is 229 Å².